The smallest absolute Gasteiger partial charge is 0.232 e. The number of rotatable bonds is 3. The van der Waals surface area contributed by atoms with Gasteiger partial charge in [0.2, 0.25) is 7.50 Å². The second-order valence-electron chi connectivity index (χ2n) is 2.70. The van der Waals surface area contributed by atoms with E-state index in [1.807, 2.05) is 48.7 Å². The van der Waals surface area contributed by atoms with Crippen molar-refractivity contribution in [2.45, 2.75) is 0 Å². The molecule has 0 saturated carbocycles. The molecule has 72 valence electrons. The number of hydrogen-bond acceptors (Lipinski definition) is 1. The van der Waals surface area contributed by atoms with Crippen LogP contribution in [0.1, 0.15) is 0 Å². The summed E-state index contributed by atoms with van der Waals surface area (Å²) >= 11 is 6.09. The highest BCUT2D eigenvalue weighted by Crippen LogP contribution is 2.41. The number of aromatic amines is 1. The summed E-state index contributed by atoms with van der Waals surface area (Å²) in [4.78, 5) is 3.03. The summed E-state index contributed by atoms with van der Waals surface area (Å²) in [5.41, 5.74) is 0.922. The van der Waals surface area contributed by atoms with Gasteiger partial charge < -0.3 is 9.51 Å². The third kappa shape index (κ3) is 2.28. The van der Waals surface area contributed by atoms with Gasteiger partial charge in [-0.05, 0) is 35.5 Å². The molecular formula is C10H9ClNOP. The number of aromatic nitrogens is 1. The summed E-state index contributed by atoms with van der Waals surface area (Å²) < 4.78 is 5.56. The van der Waals surface area contributed by atoms with Crippen molar-refractivity contribution in [1.29, 1.82) is 0 Å². The molecule has 4 heteroatoms. The fourth-order valence-corrected chi connectivity index (χ4v) is 2.39. The molecule has 2 nitrogen and oxygen atoms in total. The summed E-state index contributed by atoms with van der Waals surface area (Å²) in [6.07, 6.45) is 1.83. The Balaban J connectivity index is 2.06. The fourth-order valence-electron chi connectivity index (χ4n) is 1.05. The molecule has 0 fully saturated rings. The number of nitrogens with one attached hydrogen (secondary N) is 1. The lowest BCUT2D eigenvalue weighted by Crippen LogP contribution is -2.00. The number of hydrogen-bond donors (Lipinski definition) is 1. The van der Waals surface area contributed by atoms with E-state index in [1.54, 1.807) is 0 Å². The zero-order chi connectivity index (χ0) is 9.80. The largest absolute Gasteiger partial charge is 0.452 e. The van der Waals surface area contributed by atoms with Gasteiger partial charge in [0.05, 0.1) is 5.44 Å². The van der Waals surface area contributed by atoms with Gasteiger partial charge in [-0.2, -0.15) is 0 Å². The molecule has 14 heavy (non-hydrogen) atoms. The minimum atomic E-state index is -1.10. The van der Waals surface area contributed by atoms with Gasteiger partial charge in [-0.25, -0.2) is 0 Å². The molecule has 0 aliphatic rings. The van der Waals surface area contributed by atoms with Crippen molar-refractivity contribution >= 4 is 24.2 Å². The second-order valence-corrected chi connectivity index (χ2v) is 4.78. The van der Waals surface area contributed by atoms with Crippen LogP contribution in [0.5, 0.6) is 5.75 Å². The van der Waals surface area contributed by atoms with Gasteiger partial charge in [-0.3, -0.25) is 0 Å². The highest BCUT2D eigenvalue weighted by Gasteiger charge is 2.10. The molecule has 0 amide bonds. The van der Waals surface area contributed by atoms with Gasteiger partial charge in [0.25, 0.3) is 0 Å². The summed E-state index contributed by atoms with van der Waals surface area (Å²) in [5, 5.41) is 0. The average Bonchev–Trinajstić information content (AvgIpc) is 2.72. The van der Waals surface area contributed by atoms with E-state index >= 15 is 0 Å². The highest BCUT2D eigenvalue weighted by molar-refractivity contribution is 7.86. The summed E-state index contributed by atoms with van der Waals surface area (Å²) in [6, 6.07) is 13.4. The van der Waals surface area contributed by atoms with Gasteiger partial charge in [0.15, 0.2) is 0 Å². The summed E-state index contributed by atoms with van der Waals surface area (Å²) in [5.74, 6) is 0.795. The molecule has 1 unspecified atom stereocenters. The predicted molar refractivity (Wildman–Crippen MR) is 60.3 cm³/mol. The molecule has 0 aliphatic heterocycles. The van der Waals surface area contributed by atoms with E-state index in [4.69, 9.17) is 15.8 Å². The van der Waals surface area contributed by atoms with Gasteiger partial charge >= 0.3 is 0 Å². The molecule has 1 atom stereocenters. The van der Waals surface area contributed by atoms with E-state index in [0.717, 1.165) is 11.2 Å². The first kappa shape index (κ1) is 9.57. The van der Waals surface area contributed by atoms with E-state index in [0.29, 0.717) is 0 Å². The highest BCUT2D eigenvalue weighted by atomic mass is 35.7. The van der Waals surface area contributed by atoms with E-state index < -0.39 is 7.50 Å². The normalized spacial score (nSPS) is 12.4. The molecule has 1 aromatic carbocycles. The van der Waals surface area contributed by atoms with Crippen LogP contribution in [0.2, 0.25) is 0 Å². The monoisotopic (exact) mass is 225 g/mol. The number of H-pyrrole nitrogens is 1. The maximum atomic E-state index is 6.09. The molecule has 2 rings (SSSR count). The lowest BCUT2D eigenvalue weighted by molar-refractivity contribution is 0.633. The molecule has 0 saturated heterocycles. The van der Waals surface area contributed by atoms with Gasteiger partial charge in [0, 0.05) is 6.20 Å². The Kier molecular flexibility index (Phi) is 3.07. The minimum Gasteiger partial charge on any atom is -0.452 e. The quantitative estimate of drug-likeness (QED) is 0.797. The Morgan fingerprint density at radius 1 is 1.07 bits per heavy atom. The van der Waals surface area contributed by atoms with Crippen molar-refractivity contribution in [3.8, 4) is 5.75 Å². The van der Waals surface area contributed by atoms with Crippen LogP contribution in [-0.4, -0.2) is 4.98 Å². The Bertz CT molecular complexity index is 376. The fraction of sp³-hybridized carbons (Fsp3) is 0. The zero-order valence-electron chi connectivity index (χ0n) is 7.35. The maximum Gasteiger partial charge on any atom is 0.232 e. The average molecular weight is 226 g/mol. The lowest BCUT2D eigenvalue weighted by atomic mass is 10.3. The third-order valence-electron chi connectivity index (χ3n) is 1.70. The molecule has 1 heterocycles. The summed E-state index contributed by atoms with van der Waals surface area (Å²) in [6.45, 7) is 0. The molecule has 1 N–H and O–H groups in total. The topological polar surface area (TPSA) is 25.0 Å². The van der Waals surface area contributed by atoms with E-state index in [-0.39, 0.29) is 0 Å². The second kappa shape index (κ2) is 4.50. The molecule has 0 radical (unpaired) electrons. The van der Waals surface area contributed by atoms with Crippen molar-refractivity contribution in [2.75, 3.05) is 0 Å². The van der Waals surface area contributed by atoms with Crippen LogP contribution in [0.4, 0.5) is 0 Å². The van der Waals surface area contributed by atoms with Crippen LogP contribution < -0.4 is 9.96 Å². The first-order valence-electron chi connectivity index (χ1n) is 4.18. The maximum absolute atomic E-state index is 6.09. The zero-order valence-corrected chi connectivity index (χ0v) is 9.00. The van der Waals surface area contributed by atoms with Crippen LogP contribution in [0.3, 0.4) is 0 Å². The molecule has 1 aromatic heterocycles. The van der Waals surface area contributed by atoms with E-state index in [9.17, 15) is 0 Å². The predicted octanol–water partition coefficient (Wildman–Crippen LogP) is 3.27. The van der Waals surface area contributed by atoms with Crippen molar-refractivity contribution < 1.29 is 4.52 Å². The van der Waals surface area contributed by atoms with Gasteiger partial charge in [0.1, 0.15) is 5.75 Å². The minimum absolute atomic E-state index is 0.795. The van der Waals surface area contributed by atoms with Gasteiger partial charge in [-0.1, -0.05) is 18.2 Å². The van der Waals surface area contributed by atoms with Crippen LogP contribution in [0.25, 0.3) is 0 Å². The molecule has 0 spiro atoms. The molecular weight excluding hydrogens is 217 g/mol. The van der Waals surface area contributed by atoms with E-state index in [2.05, 4.69) is 4.98 Å². The SMILES string of the molecule is ClP(Oc1ccccc1)c1ccc[nH]1. The van der Waals surface area contributed by atoms with Crippen LogP contribution >= 0.6 is 18.7 Å². The molecule has 2 aromatic rings. The van der Waals surface area contributed by atoms with Gasteiger partial charge in [-0.15, -0.1) is 0 Å². The Morgan fingerprint density at radius 3 is 2.50 bits per heavy atom. The standard InChI is InChI=1S/C10H9ClNOP/c11-14(10-7-4-8-12-10)13-9-5-2-1-3-6-9/h1-8,12H. The van der Waals surface area contributed by atoms with Crippen molar-refractivity contribution in [3.63, 3.8) is 0 Å². The first-order valence-corrected chi connectivity index (χ1v) is 6.35. The number of benzene rings is 1. The molecule has 0 bridgehead atoms. The van der Waals surface area contributed by atoms with Crippen LogP contribution in [-0.2, 0) is 0 Å². The Labute approximate surface area is 88.5 Å². The number of halogens is 1. The van der Waals surface area contributed by atoms with Crippen molar-refractivity contribution in [1.82, 2.24) is 4.98 Å². The van der Waals surface area contributed by atoms with Crippen LogP contribution in [0, 0.1) is 0 Å². The van der Waals surface area contributed by atoms with Crippen molar-refractivity contribution in [2.24, 2.45) is 0 Å². The van der Waals surface area contributed by atoms with Crippen molar-refractivity contribution in [3.05, 3.63) is 48.7 Å². The van der Waals surface area contributed by atoms with E-state index in [1.165, 1.54) is 0 Å². The summed E-state index contributed by atoms with van der Waals surface area (Å²) in [7, 11) is -1.10. The Hall–Kier alpha value is -0.980. The lowest BCUT2D eigenvalue weighted by Gasteiger charge is -2.09. The van der Waals surface area contributed by atoms with Crippen LogP contribution in [0.15, 0.2) is 48.7 Å². The first-order chi connectivity index (χ1) is 6.86. The number of para-hydroxylation sites is 1. The Morgan fingerprint density at radius 2 is 1.86 bits per heavy atom. The third-order valence-corrected chi connectivity index (χ3v) is 3.48. The molecule has 0 aliphatic carbocycles.